The summed E-state index contributed by atoms with van der Waals surface area (Å²) >= 11 is 11.8. The van der Waals surface area contributed by atoms with E-state index in [2.05, 4.69) is 13.8 Å². The lowest BCUT2D eigenvalue weighted by Gasteiger charge is -2.22. The second kappa shape index (κ2) is 6.62. The molecule has 0 heterocycles. The molecule has 0 saturated carbocycles. The van der Waals surface area contributed by atoms with Gasteiger partial charge >= 0.3 is 0 Å². The minimum Gasteiger partial charge on any atom is -0.507 e. The average molecular weight is 292 g/mol. The lowest BCUT2D eigenvalue weighted by Crippen LogP contribution is -2.27. The van der Waals surface area contributed by atoms with Crippen LogP contribution in [-0.4, -0.2) is 16.3 Å². The predicted octanol–water partition coefficient (Wildman–Crippen LogP) is 3.50. The maximum absolute atomic E-state index is 10.0. The molecule has 2 atom stereocenters. The second-order valence-corrected chi connectivity index (χ2v) is 5.73. The van der Waals surface area contributed by atoms with E-state index in [-0.39, 0.29) is 10.8 Å². The Hall–Kier alpha value is -0.480. The largest absolute Gasteiger partial charge is 0.507 e. The van der Waals surface area contributed by atoms with Crippen LogP contribution in [0.1, 0.15) is 38.3 Å². The molecule has 0 fully saturated rings. The van der Waals surface area contributed by atoms with Crippen molar-refractivity contribution in [2.24, 2.45) is 11.7 Å². The van der Waals surface area contributed by atoms with Gasteiger partial charge in [0.25, 0.3) is 0 Å². The minimum atomic E-state index is -0.739. The van der Waals surface area contributed by atoms with Crippen molar-refractivity contribution in [1.29, 1.82) is 0 Å². The van der Waals surface area contributed by atoms with Gasteiger partial charge in [0, 0.05) is 10.6 Å². The lowest BCUT2D eigenvalue weighted by molar-refractivity contribution is 0.127. The highest BCUT2D eigenvalue weighted by Crippen LogP contribution is 2.35. The SMILES string of the molecule is CC(C)CC[C@@H](O)[C@@H](N)c1c(O)cc(Cl)cc1Cl. The van der Waals surface area contributed by atoms with Crippen molar-refractivity contribution in [3.8, 4) is 5.75 Å². The second-order valence-electron chi connectivity index (χ2n) is 4.88. The maximum Gasteiger partial charge on any atom is 0.123 e. The summed E-state index contributed by atoms with van der Waals surface area (Å²) in [7, 11) is 0. The third kappa shape index (κ3) is 4.02. The molecule has 0 aliphatic heterocycles. The fourth-order valence-corrected chi connectivity index (χ4v) is 2.39. The van der Waals surface area contributed by atoms with E-state index in [1.807, 2.05) is 0 Å². The molecule has 4 N–H and O–H groups in total. The van der Waals surface area contributed by atoms with Gasteiger partial charge in [-0.2, -0.15) is 0 Å². The zero-order valence-electron chi connectivity index (χ0n) is 10.5. The number of hydrogen-bond acceptors (Lipinski definition) is 3. The van der Waals surface area contributed by atoms with E-state index in [9.17, 15) is 10.2 Å². The van der Waals surface area contributed by atoms with E-state index in [1.54, 1.807) is 0 Å². The molecule has 1 aromatic carbocycles. The molecule has 102 valence electrons. The van der Waals surface area contributed by atoms with Crippen LogP contribution in [0.2, 0.25) is 10.0 Å². The molecule has 0 unspecified atom stereocenters. The molecule has 1 aromatic rings. The first-order valence-corrected chi connectivity index (χ1v) is 6.70. The molecule has 0 aliphatic carbocycles. The summed E-state index contributed by atoms with van der Waals surface area (Å²) < 4.78 is 0. The summed E-state index contributed by atoms with van der Waals surface area (Å²) in [4.78, 5) is 0. The first-order valence-electron chi connectivity index (χ1n) is 5.94. The summed E-state index contributed by atoms with van der Waals surface area (Å²) in [5.41, 5.74) is 6.28. The van der Waals surface area contributed by atoms with Gasteiger partial charge in [-0.1, -0.05) is 37.0 Å². The topological polar surface area (TPSA) is 66.5 Å². The average Bonchev–Trinajstić information content (AvgIpc) is 2.24. The van der Waals surface area contributed by atoms with E-state index >= 15 is 0 Å². The van der Waals surface area contributed by atoms with Crippen LogP contribution in [0.5, 0.6) is 5.75 Å². The van der Waals surface area contributed by atoms with E-state index in [0.717, 1.165) is 6.42 Å². The van der Waals surface area contributed by atoms with Crippen molar-refractivity contribution in [3.63, 3.8) is 0 Å². The number of hydrogen-bond donors (Lipinski definition) is 3. The molecule has 0 aliphatic rings. The predicted molar refractivity (Wildman–Crippen MR) is 75.1 cm³/mol. The fourth-order valence-electron chi connectivity index (χ4n) is 1.78. The maximum atomic E-state index is 10.0. The molecule has 0 saturated heterocycles. The van der Waals surface area contributed by atoms with Crippen LogP contribution in [-0.2, 0) is 0 Å². The molecular formula is C13H19Cl2NO2. The minimum absolute atomic E-state index is 0.0800. The monoisotopic (exact) mass is 291 g/mol. The van der Waals surface area contributed by atoms with E-state index in [4.69, 9.17) is 28.9 Å². The Labute approximate surface area is 118 Å². The highest BCUT2D eigenvalue weighted by atomic mass is 35.5. The van der Waals surface area contributed by atoms with Crippen molar-refractivity contribution in [3.05, 3.63) is 27.7 Å². The number of phenols is 1. The van der Waals surface area contributed by atoms with Gasteiger partial charge in [0.1, 0.15) is 5.75 Å². The summed E-state index contributed by atoms with van der Waals surface area (Å²) in [5.74, 6) is 0.407. The number of benzene rings is 1. The first kappa shape index (κ1) is 15.6. The van der Waals surface area contributed by atoms with Crippen LogP contribution in [0, 0.1) is 5.92 Å². The smallest absolute Gasteiger partial charge is 0.123 e. The molecule has 0 aromatic heterocycles. The molecule has 0 radical (unpaired) electrons. The number of rotatable bonds is 5. The molecular weight excluding hydrogens is 273 g/mol. The normalized spacial score (nSPS) is 14.8. The first-order chi connectivity index (χ1) is 8.32. The Morgan fingerprint density at radius 1 is 1.22 bits per heavy atom. The van der Waals surface area contributed by atoms with E-state index in [1.165, 1.54) is 12.1 Å². The fraction of sp³-hybridized carbons (Fsp3) is 0.538. The Bertz CT molecular complexity index is 387. The summed E-state index contributed by atoms with van der Waals surface area (Å²) in [6.45, 7) is 4.15. The standard InChI is InChI=1S/C13H19Cl2NO2/c1-7(2)3-4-10(17)13(16)12-9(15)5-8(14)6-11(12)18/h5-7,10,13,17-18H,3-4,16H2,1-2H3/t10-,13-/m1/s1. The van der Waals surface area contributed by atoms with Gasteiger partial charge in [-0.15, -0.1) is 0 Å². The van der Waals surface area contributed by atoms with Gasteiger partial charge in [0.05, 0.1) is 17.2 Å². The molecule has 1 rings (SSSR count). The number of aliphatic hydroxyl groups is 1. The van der Waals surface area contributed by atoms with Gasteiger partial charge in [-0.25, -0.2) is 0 Å². The van der Waals surface area contributed by atoms with Crippen molar-refractivity contribution in [2.75, 3.05) is 0 Å². The quantitative estimate of drug-likeness (QED) is 0.778. The van der Waals surface area contributed by atoms with E-state index < -0.39 is 12.1 Å². The molecule has 0 amide bonds. The Balaban J connectivity index is 2.86. The Kier molecular flexibility index (Phi) is 5.73. The van der Waals surface area contributed by atoms with Crippen LogP contribution in [0.25, 0.3) is 0 Å². The van der Waals surface area contributed by atoms with Gasteiger partial charge in [-0.05, 0) is 30.9 Å². The molecule has 3 nitrogen and oxygen atoms in total. The van der Waals surface area contributed by atoms with Gasteiger partial charge in [-0.3, -0.25) is 0 Å². The van der Waals surface area contributed by atoms with Crippen LogP contribution in [0.15, 0.2) is 12.1 Å². The third-order valence-corrected chi connectivity index (χ3v) is 3.39. The Morgan fingerprint density at radius 2 is 1.83 bits per heavy atom. The number of aliphatic hydroxyl groups excluding tert-OH is 1. The Morgan fingerprint density at radius 3 is 2.33 bits per heavy atom. The summed E-state index contributed by atoms with van der Waals surface area (Å²) in [5, 5.41) is 20.4. The van der Waals surface area contributed by atoms with E-state index in [0.29, 0.717) is 22.9 Å². The summed E-state index contributed by atoms with van der Waals surface area (Å²) in [6, 6.07) is 2.17. The number of phenolic OH excluding ortho intramolecular Hbond substituents is 1. The molecule has 5 heteroatoms. The van der Waals surface area contributed by atoms with Crippen molar-refractivity contribution in [1.82, 2.24) is 0 Å². The zero-order valence-corrected chi connectivity index (χ0v) is 12.0. The van der Waals surface area contributed by atoms with Crippen LogP contribution >= 0.6 is 23.2 Å². The third-order valence-electron chi connectivity index (χ3n) is 2.86. The highest BCUT2D eigenvalue weighted by Gasteiger charge is 2.23. The molecule has 0 bridgehead atoms. The number of halogens is 2. The van der Waals surface area contributed by atoms with Crippen LogP contribution < -0.4 is 5.73 Å². The van der Waals surface area contributed by atoms with Crippen molar-refractivity contribution < 1.29 is 10.2 Å². The van der Waals surface area contributed by atoms with Crippen molar-refractivity contribution in [2.45, 2.75) is 38.8 Å². The highest BCUT2D eigenvalue weighted by molar-refractivity contribution is 6.35. The number of nitrogens with two attached hydrogens (primary N) is 1. The van der Waals surface area contributed by atoms with Gasteiger partial charge in [0.15, 0.2) is 0 Å². The van der Waals surface area contributed by atoms with Gasteiger partial charge < -0.3 is 15.9 Å². The molecule has 18 heavy (non-hydrogen) atoms. The summed E-state index contributed by atoms with van der Waals surface area (Å²) in [6.07, 6.45) is 0.690. The number of aromatic hydroxyl groups is 1. The van der Waals surface area contributed by atoms with Crippen LogP contribution in [0.4, 0.5) is 0 Å². The van der Waals surface area contributed by atoms with Crippen molar-refractivity contribution >= 4 is 23.2 Å². The van der Waals surface area contributed by atoms with Gasteiger partial charge in [0.2, 0.25) is 0 Å². The zero-order chi connectivity index (χ0) is 13.9. The van der Waals surface area contributed by atoms with Crippen LogP contribution in [0.3, 0.4) is 0 Å². The lowest BCUT2D eigenvalue weighted by atomic mass is 9.95. The molecule has 0 spiro atoms.